The van der Waals surface area contributed by atoms with Crippen molar-refractivity contribution in [3.8, 4) is 0 Å². The summed E-state index contributed by atoms with van der Waals surface area (Å²) in [6.45, 7) is 9.96. The summed E-state index contributed by atoms with van der Waals surface area (Å²) < 4.78 is 9.28. The van der Waals surface area contributed by atoms with Crippen LogP contribution in [0.2, 0.25) is 0 Å². The molecule has 1 unspecified atom stereocenters. The second-order valence-corrected chi connectivity index (χ2v) is 4.93. The van der Waals surface area contributed by atoms with Gasteiger partial charge in [-0.25, -0.2) is 9.59 Å². The van der Waals surface area contributed by atoms with E-state index in [4.69, 9.17) is 14.5 Å². The van der Waals surface area contributed by atoms with E-state index in [1.165, 1.54) is 13.8 Å². The molecule has 0 radical (unpaired) electrons. The van der Waals surface area contributed by atoms with Gasteiger partial charge in [0.1, 0.15) is 11.9 Å². The van der Waals surface area contributed by atoms with Crippen molar-refractivity contribution in [2.24, 2.45) is 0 Å². The minimum Gasteiger partial charge on any atom is -0.433 e. The Morgan fingerprint density at radius 2 is 1.86 bits per heavy atom. The maximum absolute atomic E-state index is 11.6. The van der Waals surface area contributed by atoms with Crippen LogP contribution in [0.3, 0.4) is 0 Å². The fourth-order valence-corrected chi connectivity index (χ4v) is 0.801. The predicted octanol–water partition coefficient (Wildman–Crippen LogP) is 2.63. The highest BCUT2D eigenvalue weighted by Crippen LogP contribution is 2.09. The number of hydrogen-bond donors (Lipinski definition) is 0. The lowest BCUT2D eigenvalue weighted by Gasteiger charge is -2.16. The molecule has 0 rings (SSSR count). The minimum absolute atomic E-state index is 0.142. The van der Waals surface area contributed by atoms with Gasteiger partial charge >= 0.3 is 12.1 Å². The molecule has 0 aromatic heterocycles. The Bertz CT molecular complexity index is 369. The van der Waals surface area contributed by atoms with Gasteiger partial charge in [-0.3, -0.25) is 4.89 Å². The highest BCUT2D eigenvalue weighted by Gasteiger charge is 2.16. The molecule has 0 N–H and O–H groups in total. The molecule has 1 atom stereocenters. The average molecular weight is 306 g/mol. The normalized spacial score (nSPS) is 13.3. The summed E-state index contributed by atoms with van der Waals surface area (Å²) in [5.74, 6) is -0.715. The van der Waals surface area contributed by atoms with E-state index in [0.29, 0.717) is 0 Å². The van der Waals surface area contributed by atoms with Crippen LogP contribution in [-0.2, 0) is 33.8 Å². The zero-order valence-electron chi connectivity index (χ0n) is 13.1. The first-order chi connectivity index (χ1) is 9.65. The van der Waals surface area contributed by atoms with Crippen LogP contribution in [0.25, 0.3) is 0 Å². The van der Waals surface area contributed by atoms with Gasteiger partial charge < -0.3 is 14.4 Å². The molecule has 0 aliphatic rings. The van der Waals surface area contributed by atoms with Crippen molar-refractivity contribution in [3.63, 3.8) is 0 Å². The van der Waals surface area contributed by atoms with Crippen LogP contribution in [0.1, 0.15) is 41.5 Å². The SMILES string of the molecule is CCOC(=O)OOC(C)OC(=O)C(C)=COOC(C)(C)C. The summed E-state index contributed by atoms with van der Waals surface area (Å²) in [5, 5.41) is 0. The molecule has 0 saturated heterocycles. The van der Waals surface area contributed by atoms with Crippen molar-refractivity contribution in [3.05, 3.63) is 11.8 Å². The minimum atomic E-state index is -1.10. The number of hydrogen-bond acceptors (Lipinski definition) is 8. The van der Waals surface area contributed by atoms with Gasteiger partial charge in [-0.15, -0.1) is 4.89 Å². The van der Waals surface area contributed by atoms with Gasteiger partial charge in [-0.2, -0.15) is 4.89 Å². The molecule has 0 aliphatic heterocycles. The Labute approximate surface area is 123 Å². The number of esters is 1. The standard InChI is InChI=1S/C13H22O8/c1-7-16-12(15)20-19-10(3)18-11(14)9(2)8-17-21-13(4,5)6/h8,10H,7H2,1-6H3. The lowest BCUT2D eigenvalue weighted by atomic mass is 10.2. The first-order valence-electron chi connectivity index (χ1n) is 6.38. The maximum atomic E-state index is 11.6. The summed E-state index contributed by atoms with van der Waals surface area (Å²) in [7, 11) is 0. The van der Waals surface area contributed by atoms with Crippen molar-refractivity contribution in [2.45, 2.75) is 53.4 Å². The molecule has 21 heavy (non-hydrogen) atoms. The van der Waals surface area contributed by atoms with Crippen LogP contribution < -0.4 is 0 Å². The van der Waals surface area contributed by atoms with Crippen LogP contribution in [0.5, 0.6) is 0 Å². The Morgan fingerprint density at radius 3 is 2.38 bits per heavy atom. The third-order valence-electron chi connectivity index (χ3n) is 1.63. The first-order valence-corrected chi connectivity index (χ1v) is 6.38. The van der Waals surface area contributed by atoms with Crippen LogP contribution in [0.4, 0.5) is 4.79 Å². The number of carbonyl (C=O) groups excluding carboxylic acids is 2. The first kappa shape index (κ1) is 19.2. The Kier molecular flexibility index (Phi) is 8.41. The smallest absolute Gasteiger partial charge is 0.433 e. The van der Waals surface area contributed by atoms with Gasteiger partial charge in [0.15, 0.2) is 0 Å². The highest BCUT2D eigenvalue weighted by molar-refractivity contribution is 5.87. The topological polar surface area (TPSA) is 89.5 Å². The quantitative estimate of drug-likeness (QED) is 0.177. The number of rotatable bonds is 7. The molecule has 0 saturated carbocycles. The fraction of sp³-hybridized carbons (Fsp3) is 0.692. The second kappa shape index (κ2) is 9.19. The summed E-state index contributed by atoms with van der Waals surface area (Å²) in [5.41, 5.74) is -0.365. The third kappa shape index (κ3) is 10.6. The molecule has 0 bridgehead atoms. The molecule has 0 aromatic carbocycles. The van der Waals surface area contributed by atoms with E-state index in [1.54, 1.807) is 27.7 Å². The molecule has 8 nitrogen and oxygen atoms in total. The predicted molar refractivity (Wildman–Crippen MR) is 70.4 cm³/mol. The van der Waals surface area contributed by atoms with E-state index in [2.05, 4.69) is 14.5 Å². The second-order valence-electron chi connectivity index (χ2n) is 4.93. The Morgan fingerprint density at radius 1 is 1.24 bits per heavy atom. The van der Waals surface area contributed by atoms with Crippen molar-refractivity contribution >= 4 is 12.1 Å². The lowest BCUT2D eigenvalue weighted by Crippen LogP contribution is -2.21. The van der Waals surface area contributed by atoms with Gasteiger partial charge in [0, 0.05) is 6.92 Å². The molecule has 0 fully saturated rings. The molecule has 0 aliphatic carbocycles. The molecular weight excluding hydrogens is 284 g/mol. The average Bonchev–Trinajstić information content (AvgIpc) is 2.35. The van der Waals surface area contributed by atoms with E-state index in [-0.39, 0.29) is 12.2 Å². The molecular formula is C13H22O8. The number of carbonyl (C=O) groups is 2. The van der Waals surface area contributed by atoms with E-state index < -0.39 is 24.0 Å². The van der Waals surface area contributed by atoms with Gasteiger partial charge in [0.25, 0.3) is 0 Å². The van der Waals surface area contributed by atoms with E-state index in [1.807, 2.05) is 0 Å². The Hall–Kier alpha value is -1.80. The van der Waals surface area contributed by atoms with Crippen LogP contribution in [0, 0.1) is 0 Å². The molecule has 0 heterocycles. The van der Waals surface area contributed by atoms with Gasteiger partial charge in [-0.1, -0.05) is 0 Å². The van der Waals surface area contributed by atoms with Crippen molar-refractivity contribution in [2.75, 3.05) is 6.61 Å². The van der Waals surface area contributed by atoms with Gasteiger partial charge in [0.05, 0.1) is 12.2 Å². The number of ether oxygens (including phenoxy) is 2. The summed E-state index contributed by atoms with van der Waals surface area (Å²) in [6.07, 6.45) is -1.02. The molecule has 122 valence electrons. The Balaban J connectivity index is 4.10. The zero-order valence-corrected chi connectivity index (χ0v) is 13.1. The van der Waals surface area contributed by atoms with Gasteiger partial charge in [-0.05, 0) is 34.6 Å². The van der Waals surface area contributed by atoms with Crippen LogP contribution in [0.15, 0.2) is 11.8 Å². The molecule has 0 amide bonds. The summed E-state index contributed by atoms with van der Waals surface area (Å²) in [4.78, 5) is 40.9. The molecule has 0 spiro atoms. The van der Waals surface area contributed by atoms with E-state index in [9.17, 15) is 9.59 Å². The maximum Gasteiger partial charge on any atom is 0.540 e. The third-order valence-corrected chi connectivity index (χ3v) is 1.63. The largest absolute Gasteiger partial charge is 0.540 e. The van der Waals surface area contributed by atoms with Crippen molar-refractivity contribution in [1.29, 1.82) is 0 Å². The van der Waals surface area contributed by atoms with E-state index >= 15 is 0 Å². The zero-order chi connectivity index (χ0) is 16.5. The van der Waals surface area contributed by atoms with Gasteiger partial charge in [0.2, 0.25) is 6.29 Å². The van der Waals surface area contributed by atoms with Crippen molar-refractivity contribution < 1.29 is 38.6 Å². The summed E-state index contributed by atoms with van der Waals surface area (Å²) in [6, 6.07) is 0. The summed E-state index contributed by atoms with van der Waals surface area (Å²) >= 11 is 0. The van der Waals surface area contributed by atoms with Crippen LogP contribution >= 0.6 is 0 Å². The lowest BCUT2D eigenvalue weighted by molar-refractivity contribution is -0.332. The monoisotopic (exact) mass is 306 g/mol. The van der Waals surface area contributed by atoms with E-state index in [0.717, 1.165) is 6.26 Å². The highest BCUT2D eigenvalue weighted by atomic mass is 17.3. The molecule has 0 aromatic rings. The van der Waals surface area contributed by atoms with Crippen LogP contribution in [-0.4, -0.2) is 30.6 Å². The molecule has 8 heteroatoms. The fourth-order valence-electron chi connectivity index (χ4n) is 0.801. The van der Waals surface area contributed by atoms with Crippen molar-refractivity contribution in [1.82, 2.24) is 0 Å².